The Balaban J connectivity index is 2.26. The molecule has 2 aromatic heterocycles. The van der Waals surface area contributed by atoms with Crippen molar-refractivity contribution in [3.05, 3.63) is 23.5 Å². The van der Waals surface area contributed by atoms with Gasteiger partial charge in [0, 0.05) is 18.8 Å². The SMILES string of the molecule is CCNc1nc(OC)nc(Oc2cncc(Cl)c2)n1. The third-order valence-corrected chi connectivity index (χ3v) is 2.21. The van der Waals surface area contributed by atoms with Gasteiger partial charge in [-0.1, -0.05) is 11.6 Å². The average Bonchev–Trinajstić information content (AvgIpc) is 2.39. The molecule has 7 nitrogen and oxygen atoms in total. The molecule has 1 N–H and O–H groups in total. The number of hydrogen-bond acceptors (Lipinski definition) is 7. The van der Waals surface area contributed by atoms with Gasteiger partial charge in [-0.25, -0.2) is 0 Å². The Hall–Kier alpha value is -2.15. The van der Waals surface area contributed by atoms with E-state index in [0.29, 0.717) is 23.3 Å². The van der Waals surface area contributed by atoms with Crippen LogP contribution in [0.2, 0.25) is 5.02 Å². The van der Waals surface area contributed by atoms with Crippen molar-refractivity contribution in [2.45, 2.75) is 6.92 Å². The van der Waals surface area contributed by atoms with Crippen molar-refractivity contribution in [2.75, 3.05) is 19.0 Å². The van der Waals surface area contributed by atoms with E-state index in [1.165, 1.54) is 19.5 Å². The van der Waals surface area contributed by atoms with E-state index in [2.05, 4.69) is 25.3 Å². The fourth-order valence-corrected chi connectivity index (χ4v) is 1.43. The van der Waals surface area contributed by atoms with Crippen molar-refractivity contribution in [1.29, 1.82) is 0 Å². The van der Waals surface area contributed by atoms with Crippen LogP contribution in [0.4, 0.5) is 5.95 Å². The van der Waals surface area contributed by atoms with Gasteiger partial charge in [-0.05, 0) is 6.92 Å². The van der Waals surface area contributed by atoms with E-state index in [-0.39, 0.29) is 12.0 Å². The molecule has 2 aromatic rings. The number of nitrogens with one attached hydrogen (secondary N) is 1. The largest absolute Gasteiger partial charge is 0.467 e. The van der Waals surface area contributed by atoms with Crippen molar-refractivity contribution >= 4 is 17.5 Å². The number of methoxy groups -OCH3 is 1. The van der Waals surface area contributed by atoms with E-state index in [1.807, 2.05) is 6.92 Å². The van der Waals surface area contributed by atoms with Crippen LogP contribution in [0.5, 0.6) is 17.8 Å². The van der Waals surface area contributed by atoms with Gasteiger partial charge in [0.25, 0.3) is 0 Å². The molecule has 0 atom stereocenters. The molecule has 0 aliphatic heterocycles. The highest BCUT2D eigenvalue weighted by Gasteiger charge is 2.08. The van der Waals surface area contributed by atoms with Crippen molar-refractivity contribution in [1.82, 2.24) is 19.9 Å². The Morgan fingerprint density at radius 2 is 2.00 bits per heavy atom. The minimum absolute atomic E-state index is 0.104. The topological polar surface area (TPSA) is 82.1 Å². The number of aromatic nitrogens is 4. The van der Waals surface area contributed by atoms with Crippen LogP contribution in [-0.4, -0.2) is 33.6 Å². The molecule has 2 heterocycles. The second-order valence-electron chi connectivity index (χ2n) is 3.40. The molecule has 0 bridgehead atoms. The Morgan fingerprint density at radius 3 is 2.68 bits per heavy atom. The van der Waals surface area contributed by atoms with E-state index in [1.54, 1.807) is 6.07 Å². The van der Waals surface area contributed by atoms with Crippen molar-refractivity contribution in [3.63, 3.8) is 0 Å². The Bertz CT molecular complexity index is 567. The summed E-state index contributed by atoms with van der Waals surface area (Å²) < 4.78 is 10.4. The number of nitrogens with zero attached hydrogens (tertiary/aromatic N) is 4. The van der Waals surface area contributed by atoms with E-state index < -0.39 is 0 Å². The molecular formula is C11H12ClN5O2. The fraction of sp³-hybridized carbons (Fsp3) is 0.273. The molecule has 0 radical (unpaired) electrons. The molecule has 0 fully saturated rings. The summed E-state index contributed by atoms with van der Waals surface area (Å²) in [5.74, 6) is 0.808. The standard InChI is InChI=1S/C11H12ClN5O2/c1-3-14-9-15-10(18-2)17-11(16-9)19-8-4-7(12)5-13-6-8/h4-6H,3H2,1-2H3,(H,14,15,16,17). The first-order valence-corrected chi connectivity index (χ1v) is 5.91. The normalized spacial score (nSPS) is 10.1. The van der Waals surface area contributed by atoms with Crippen LogP contribution in [0.3, 0.4) is 0 Å². The first kappa shape index (κ1) is 13.3. The highest BCUT2D eigenvalue weighted by atomic mass is 35.5. The lowest BCUT2D eigenvalue weighted by Crippen LogP contribution is -2.06. The van der Waals surface area contributed by atoms with E-state index in [0.717, 1.165) is 0 Å². The molecule has 0 spiro atoms. The summed E-state index contributed by atoms with van der Waals surface area (Å²) in [6.45, 7) is 2.60. The van der Waals surface area contributed by atoms with Crippen LogP contribution in [0.15, 0.2) is 18.5 Å². The van der Waals surface area contributed by atoms with Crippen LogP contribution in [0.1, 0.15) is 6.92 Å². The first-order chi connectivity index (χ1) is 9.21. The van der Waals surface area contributed by atoms with E-state index >= 15 is 0 Å². The summed E-state index contributed by atoms with van der Waals surface area (Å²) in [4.78, 5) is 16.0. The molecule has 0 aliphatic carbocycles. The fourth-order valence-electron chi connectivity index (χ4n) is 1.27. The van der Waals surface area contributed by atoms with E-state index in [9.17, 15) is 0 Å². The van der Waals surface area contributed by atoms with Crippen LogP contribution in [-0.2, 0) is 0 Å². The van der Waals surface area contributed by atoms with Crippen LogP contribution >= 0.6 is 11.6 Å². The lowest BCUT2D eigenvalue weighted by molar-refractivity contribution is 0.360. The van der Waals surface area contributed by atoms with Crippen molar-refractivity contribution in [2.24, 2.45) is 0 Å². The zero-order valence-electron chi connectivity index (χ0n) is 10.4. The monoisotopic (exact) mass is 281 g/mol. The second-order valence-corrected chi connectivity index (χ2v) is 3.84. The second kappa shape index (κ2) is 6.14. The van der Waals surface area contributed by atoms with Gasteiger partial charge in [0.05, 0.1) is 18.3 Å². The lowest BCUT2D eigenvalue weighted by atomic mass is 10.5. The van der Waals surface area contributed by atoms with E-state index in [4.69, 9.17) is 21.1 Å². The third kappa shape index (κ3) is 3.65. The van der Waals surface area contributed by atoms with Gasteiger partial charge in [-0.2, -0.15) is 9.97 Å². The quantitative estimate of drug-likeness (QED) is 0.899. The molecule has 0 saturated carbocycles. The Morgan fingerprint density at radius 1 is 1.21 bits per heavy atom. The lowest BCUT2D eigenvalue weighted by Gasteiger charge is -2.07. The predicted molar refractivity (Wildman–Crippen MR) is 69.9 cm³/mol. The van der Waals surface area contributed by atoms with Crippen LogP contribution < -0.4 is 14.8 Å². The summed E-state index contributed by atoms with van der Waals surface area (Å²) in [5.41, 5.74) is 0. The van der Waals surface area contributed by atoms with Gasteiger partial charge in [-0.3, -0.25) is 4.98 Å². The molecule has 2 rings (SSSR count). The van der Waals surface area contributed by atoms with Crippen molar-refractivity contribution in [3.8, 4) is 17.8 Å². The van der Waals surface area contributed by atoms with Gasteiger partial charge in [-0.15, -0.1) is 4.98 Å². The predicted octanol–water partition coefficient (Wildman–Crippen LogP) is 2.15. The molecular weight excluding hydrogens is 270 g/mol. The zero-order chi connectivity index (χ0) is 13.7. The van der Waals surface area contributed by atoms with Crippen molar-refractivity contribution < 1.29 is 9.47 Å². The molecule has 0 aliphatic rings. The maximum absolute atomic E-state index is 5.82. The summed E-state index contributed by atoms with van der Waals surface area (Å²) in [6, 6.07) is 1.88. The molecule has 0 amide bonds. The number of halogens is 1. The first-order valence-electron chi connectivity index (χ1n) is 5.53. The minimum Gasteiger partial charge on any atom is -0.467 e. The average molecular weight is 282 g/mol. The Kier molecular flexibility index (Phi) is 4.30. The number of anilines is 1. The van der Waals surface area contributed by atoms with Crippen LogP contribution in [0.25, 0.3) is 0 Å². The minimum atomic E-state index is 0.104. The molecule has 0 unspecified atom stereocenters. The molecule has 100 valence electrons. The summed E-state index contributed by atoms with van der Waals surface area (Å²) in [6.07, 6.45) is 3.02. The third-order valence-electron chi connectivity index (χ3n) is 2.00. The number of pyridine rings is 1. The smallest absolute Gasteiger partial charge is 0.330 e. The Labute approximate surface area is 115 Å². The number of rotatable bonds is 5. The van der Waals surface area contributed by atoms with Gasteiger partial charge < -0.3 is 14.8 Å². The highest BCUT2D eigenvalue weighted by molar-refractivity contribution is 6.30. The summed E-state index contributed by atoms with van der Waals surface area (Å²) >= 11 is 5.82. The number of ether oxygens (including phenoxy) is 2. The maximum Gasteiger partial charge on any atom is 0.330 e. The maximum atomic E-state index is 5.82. The molecule has 19 heavy (non-hydrogen) atoms. The summed E-state index contributed by atoms with van der Waals surface area (Å²) in [7, 11) is 1.47. The zero-order valence-corrected chi connectivity index (χ0v) is 11.2. The van der Waals surface area contributed by atoms with Gasteiger partial charge in [0.15, 0.2) is 5.75 Å². The van der Waals surface area contributed by atoms with Gasteiger partial charge in [0.1, 0.15) is 0 Å². The molecule has 8 heteroatoms. The highest BCUT2D eigenvalue weighted by Crippen LogP contribution is 2.22. The van der Waals surface area contributed by atoms with Gasteiger partial charge in [0.2, 0.25) is 5.95 Å². The molecule has 0 aromatic carbocycles. The van der Waals surface area contributed by atoms with Crippen LogP contribution in [0, 0.1) is 0 Å². The molecule has 0 saturated heterocycles. The number of hydrogen-bond donors (Lipinski definition) is 1. The van der Waals surface area contributed by atoms with Gasteiger partial charge >= 0.3 is 12.0 Å². The summed E-state index contributed by atoms with van der Waals surface area (Å²) in [5, 5.41) is 3.42.